The van der Waals surface area contributed by atoms with E-state index >= 15 is 0 Å². The van der Waals surface area contributed by atoms with Crippen molar-refractivity contribution < 1.29 is 8.42 Å². The predicted molar refractivity (Wildman–Crippen MR) is 110 cm³/mol. The van der Waals surface area contributed by atoms with Crippen LogP contribution in [0.15, 0.2) is 81.0 Å². The molecular weight excluding hydrogens is 408 g/mol. The third kappa shape index (κ3) is 2.19. The molecule has 0 aromatic heterocycles. The van der Waals surface area contributed by atoms with Crippen molar-refractivity contribution in [3.8, 4) is 11.1 Å². The van der Waals surface area contributed by atoms with E-state index in [9.17, 15) is 8.42 Å². The summed E-state index contributed by atoms with van der Waals surface area (Å²) in [5.74, 6) is 0. The summed E-state index contributed by atoms with van der Waals surface area (Å²) in [4.78, 5) is 0.927. The van der Waals surface area contributed by atoms with Crippen LogP contribution in [0.4, 0.5) is 0 Å². The van der Waals surface area contributed by atoms with Gasteiger partial charge in [-0.25, -0.2) is 8.42 Å². The molecule has 0 bridgehead atoms. The van der Waals surface area contributed by atoms with Crippen LogP contribution in [-0.4, -0.2) is 8.42 Å². The first-order chi connectivity index (χ1) is 12.6. The number of fused-ring (bicyclic) bond motifs is 3. The predicted octanol–water partition coefficient (Wildman–Crippen LogP) is 6.12. The fraction of sp³-hybridized carbons (Fsp3) is 0.0909. The van der Waals surface area contributed by atoms with Gasteiger partial charge in [-0.1, -0.05) is 58.4 Å². The molecule has 1 aliphatic carbocycles. The summed E-state index contributed by atoms with van der Waals surface area (Å²) in [6.45, 7) is 0. The van der Waals surface area contributed by atoms with Crippen LogP contribution in [0.5, 0.6) is 0 Å². The van der Waals surface area contributed by atoms with Gasteiger partial charge in [0.05, 0.1) is 9.80 Å². The molecule has 3 aromatic rings. The lowest BCUT2D eigenvalue weighted by molar-refractivity contribution is 0.604. The molecular formula is C22H15BrO2S. The number of rotatable bonds is 1. The standard InChI is InChI=1S/C22H15BrO2S/c23-20-11-10-15(16-5-1-2-6-17(16)20)14-9-12-22-19(13-14)18-7-3-4-8-21(18)26(22,24)25/h1-2,4-6,8-13H,3,7H2. The maximum atomic E-state index is 12.8. The van der Waals surface area contributed by atoms with Crippen molar-refractivity contribution in [2.75, 3.05) is 0 Å². The van der Waals surface area contributed by atoms with E-state index in [1.165, 1.54) is 0 Å². The second-order valence-electron chi connectivity index (χ2n) is 6.64. The van der Waals surface area contributed by atoms with E-state index in [0.29, 0.717) is 9.80 Å². The van der Waals surface area contributed by atoms with E-state index < -0.39 is 9.84 Å². The Bertz CT molecular complexity index is 1250. The quantitative estimate of drug-likeness (QED) is 0.473. The highest BCUT2D eigenvalue weighted by molar-refractivity contribution is 9.10. The molecule has 0 unspecified atom stereocenters. The molecule has 0 N–H and O–H groups in total. The number of benzene rings is 3. The van der Waals surface area contributed by atoms with Crippen LogP contribution in [0.2, 0.25) is 0 Å². The highest BCUT2D eigenvalue weighted by Crippen LogP contribution is 2.45. The Morgan fingerprint density at radius 1 is 0.885 bits per heavy atom. The van der Waals surface area contributed by atoms with Crippen molar-refractivity contribution in [1.29, 1.82) is 0 Å². The second kappa shape index (κ2) is 5.66. The van der Waals surface area contributed by atoms with Crippen molar-refractivity contribution in [2.24, 2.45) is 0 Å². The van der Waals surface area contributed by atoms with Gasteiger partial charge in [-0.3, -0.25) is 0 Å². The normalized spacial score (nSPS) is 17.4. The molecule has 26 heavy (non-hydrogen) atoms. The first-order valence-corrected chi connectivity index (χ1v) is 10.8. The SMILES string of the molecule is O=S1(=O)C2=C(CCC=C2)c2cc(-c3ccc(Br)c4ccccc34)ccc21. The Hall–Kier alpha value is -2.17. The minimum Gasteiger partial charge on any atom is -0.218 e. The van der Waals surface area contributed by atoms with Gasteiger partial charge >= 0.3 is 0 Å². The number of hydrogen-bond donors (Lipinski definition) is 0. The fourth-order valence-corrected chi connectivity index (χ4v) is 6.21. The molecule has 0 spiro atoms. The monoisotopic (exact) mass is 422 g/mol. The van der Waals surface area contributed by atoms with Crippen molar-refractivity contribution >= 4 is 42.1 Å². The second-order valence-corrected chi connectivity index (χ2v) is 9.38. The summed E-state index contributed by atoms with van der Waals surface area (Å²) >= 11 is 3.62. The highest BCUT2D eigenvalue weighted by atomic mass is 79.9. The van der Waals surface area contributed by atoms with Gasteiger partial charge < -0.3 is 0 Å². The van der Waals surface area contributed by atoms with E-state index in [0.717, 1.165) is 50.4 Å². The van der Waals surface area contributed by atoms with Gasteiger partial charge in [0.1, 0.15) is 0 Å². The molecule has 0 saturated heterocycles. The summed E-state index contributed by atoms with van der Waals surface area (Å²) in [5, 5.41) is 2.30. The largest absolute Gasteiger partial charge is 0.218 e. The first kappa shape index (κ1) is 16.0. The number of sulfone groups is 1. The zero-order valence-corrected chi connectivity index (χ0v) is 16.3. The Kier molecular flexibility index (Phi) is 3.49. The molecule has 1 aliphatic heterocycles. The van der Waals surface area contributed by atoms with Gasteiger partial charge in [0.25, 0.3) is 0 Å². The van der Waals surface area contributed by atoms with Crippen LogP contribution in [0.25, 0.3) is 27.5 Å². The van der Waals surface area contributed by atoms with Crippen LogP contribution in [0.3, 0.4) is 0 Å². The fourth-order valence-electron chi connectivity index (χ4n) is 3.96. The average molecular weight is 423 g/mol. The molecule has 5 rings (SSSR count). The number of hydrogen-bond acceptors (Lipinski definition) is 2. The van der Waals surface area contributed by atoms with Crippen molar-refractivity contribution in [1.82, 2.24) is 0 Å². The zero-order valence-electron chi connectivity index (χ0n) is 13.9. The summed E-state index contributed by atoms with van der Waals surface area (Å²) < 4.78 is 26.7. The van der Waals surface area contributed by atoms with E-state index in [1.807, 2.05) is 30.3 Å². The molecule has 4 heteroatoms. The molecule has 0 radical (unpaired) electrons. The van der Waals surface area contributed by atoms with Crippen molar-refractivity contribution in [3.63, 3.8) is 0 Å². The van der Waals surface area contributed by atoms with Gasteiger partial charge in [-0.15, -0.1) is 0 Å². The average Bonchev–Trinajstić information content (AvgIpc) is 2.90. The summed E-state index contributed by atoms with van der Waals surface area (Å²) in [5.41, 5.74) is 4.00. The van der Waals surface area contributed by atoms with Crippen LogP contribution < -0.4 is 0 Å². The third-order valence-corrected chi connectivity index (χ3v) is 7.78. The van der Waals surface area contributed by atoms with Crippen LogP contribution >= 0.6 is 15.9 Å². The molecule has 3 aromatic carbocycles. The molecule has 2 aliphatic rings. The maximum Gasteiger partial charge on any atom is 0.207 e. The summed E-state index contributed by atoms with van der Waals surface area (Å²) in [7, 11) is -3.37. The van der Waals surface area contributed by atoms with Gasteiger partial charge in [-0.2, -0.15) is 0 Å². The minimum atomic E-state index is -3.37. The lowest BCUT2D eigenvalue weighted by atomic mass is 9.92. The summed E-state index contributed by atoms with van der Waals surface area (Å²) in [6, 6.07) is 18.1. The molecule has 0 saturated carbocycles. The molecule has 0 fully saturated rings. The maximum absolute atomic E-state index is 12.8. The van der Waals surface area contributed by atoms with Gasteiger partial charge in [0, 0.05) is 4.47 Å². The summed E-state index contributed by atoms with van der Waals surface area (Å²) in [6.07, 6.45) is 5.39. The minimum absolute atomic E-state index is 0.444. The Balaban J connectivity index is 1.78. The van der Waals surface area contributed by atoms with Gasteiger partial charge in [0.15, 0.2) is 0 Å². The zero-order chi connectivity index (χ0) is 17.9. The van der Waals surface area contributed by atoms with E-state index in [4.69, 9.17) is 0 Å². The van der Waals surface area contributed by atoms with Crippen molar-refractivity contribution in [3.05, 3.63) is 81.7 Å². The highest BCUT2D eigenvalue weighted by Gasteiger charge is 2.34. The molecule has 128 valence electrons. The molecule has 1 heterocycles. The van der Waals surface area contributed by atoms with Gasteiger partial charge in [-0.05, 0) is 70.2 Å². The van der Waals surface area contributed by atoms with E-state index in [-0.39, 0.29) is 0 Å². The molecule has 2 nitrogen and oxygen atoms in total. The Labute approximate surface area is 160 Å². The van der Waals surface area contributed by atoms with Crippen LogP contribution in [0, 0.1) is 0 Å². The lowest BCUT2D eigenvalue weighted by Crippen LogP contribution is -1.99. The molecule has 0 amide bonds. The lowest BCUT2D eigenvalue weighted by Gasteiger charge is -2.11. The Morgan fingerprint density at radius 3 is 2.54 bits per heavy atom. The third-order valence-electron chi connectivity index (χ3n) is 5.19. The smallest absolute Gasteiger partial charge is 0.207 e. The van der Waals surface area contributed by atoms with Crippen LogP contribution in [0.1, 0.15) is 18.4 Å². The number of allylic oxidation sites excluding steroid dienone is 3. The van der Waals surface area contributed by atoms with E-state index in [2.05, 4.69) is 40.2 Å². The van der Waals surface area contributed by atoms with Gasteiger partial charge in [0.2, 0.25) is 9.84 Å². The van der Waals surface area contributed by atoms with E-state index in [1.54, 1.807) is 12.1 Å². The topological polar surface area (TPSA) is 34.1 Å². The Morgan fingerprint density at radius 2 is 1.69 bits per heavy atom. The first-order valence-electron chi connectivity index (χ1n) is 8.54. The number of halogens is 1. The molecule has 0 atom stereocenters. The van der Waals surface area contributed by atoms with Crippen LogP contribution in [-0.2, 0) is 9.84 Å². The van der Waals surface area contributed by atoms with Crippen molar-refractivity contribution in [2.45, 2.75) is 17.7 Å².